The lowest BCUT2D eigenvalue weighted by Gasteiger charge is -2.08. The Morgan fingerprint density at radius 2 is 2.07 bits per heavy atom. The van der Waals surface area contributed by atoms with Crippen LogP contribution in [0.15, 0.2) is 18.2 Å². The van der Waals surface area contributed by atoms with E-state index in [0.717, 1.165) is 6.42 Å². The minimum Gasteiger partial charge on any atom is -0.352 e. The molecule has 0 aliphatic rings. The number of aryl methyl sites for hydroxylation is 2. The summed E-state index contributed by atoms with van der Waals surface area (Å²) in [7, 11) is 0. The number of benzene rings is 1. The number of rotatable bonds is 4. The highest BCUT2D eigenvalue weighted by Gasteiger charge is 2.01. The van der Waals surface area contributed by atoms with Crippen LogP contribution < -0.4 is 5.32 Å². The summed E-state index contributed by atoms with van der Waals surface area (Å²) in [6, 6.07) is 6.30. The quantitative estimate of drug-likeness (QED) is 0.804. The molecule has 0 bridgehead atoms. The molecule has 0 aliphatic carbocycles. The van der Waals surface area contributed by atoms with E-state index in [1.54, 1.807) is 0 Å². The zero-order valence-corrected chi connectivity index (χ0v) is 9.76. The standard InChI is InChI=1S/C13H19NO/c1-4-5-13(15)14-9-12-7-6-10(2)8-11(12)3/h6-8H,4-5,9H2,1-3H3,(H,14,15). The van der Waals surface area contributed by atoms with Crippen LogP contribution in [0.3, 0.4) is 0 Å². The van der Waals surface area contributed by atoms with E-state index in [9.17, 15) is 4.79 Å². The van der Waals surface area contributed by atoms with Crippen molar-refractivity contribution in [3.05, 3.63) is 34.9 Å². The fraction of sp³-hybridized carbons (Fsp3) is 0.462. The molecular weight excluding hydrogens is 186 g/mol. The van der Waals surface area contributed by atoms with Crippen molar-refractivity contribution >= 4 is 5.91 Å². The highest BCUT2D eigenvalue weighted by molar-refractivity contribution is 5.75. The lowest BCUT2D eigenvalue weighted by atomic mass is 10.1. The molecule has 0 atom stereocenters. The van der Waals surface area contributed by atoms with Gasteiger partial charge in [0, 0.05) is 13.0 Å². The third kappa shape index (κ3) is 3.74. The molecule has 1 aromatic rings. The van der Waals surface area contributed by atoms with Crippen molar-refractivity contribution in [1.82, 2.24) is 5.32 Å². The summed E-state index contributed by atoms with van der Waals surface area (Å²) in [5, 5.41) is 2.92. The number of hydrogen-bond acceptors (Lipinski definition) is 1. The summed E-state index contributed by atoms with van der Waals surface area (Å²) < 4.78 is 0. The van der Waals surface area contributed by atoms with Crippen molar-refractivity contribution < 1.29 is 4.79 Å². The molecule has 1 N–H and O–H groups in total. The fourth-order valence-electron chi connectivity index (χ4n) is 1.55. The predicted molar refractivity (Wildman–Crippen MR) is 62.7 cm³/mol. The molecule has 82 valence electrons. The van der Waals surface area contributed by atoms with Crippen molar-refractivity contribution in [2.75, 3.05) is 0 Å². The maximum Gasteiger partial charge on any atom is 0.220 e. The third-order valence-electron chi connectivity index (χ3n) is 2.45. The average molecular weight is 205 g/mol. The summed E-state index contributed by atoms with van der Waals surface area (Å²) in [4.78, 5) is 11.3. The minimum absolute atomic E-state index is 0.137. The van der Waals surface area contributed by atoms with Crippen molar-refractivity contribution in [1.29, 1.82) is 0 Å². The van der Waals surface area contributed by atoms with Crippen molar-refractivity contribution in [2.45, 2.75) is 40.2 Å². The van der Waals surface area contributed by atoms with Gasteiger partial charge >= 0.3 is 0 Å². The molecular formula is C13H19NO. The van der Waals surface area contributed by atoms with E-state index in [4.69, 9.17) is 0 Å². The topological polar surface area (TPSA) is 29.1 Å². The first-order chi connectivity index (χ1) is 7.13. The highest BCUT2D eigenvalue weighted by Crippen LogP contribution is 2.10. The molecule has 0 fully saturated rings. The third-order valence-corrected chi connectivity index (χ3v) is 2.45. The van der Waals surface area contributed by atoms with Gasteiger partial charge in [-0.25, -0.2) is 0 Å². The minimum atomic E-state index is 0.137. The molecule has 0 spiro atoms. The molecule has 0 aromatic heterocycles. The zero-order chi connectivity index (χ0) is 11.3. The van der Waals surface area contributed by atoms with Crippen LogP contribution in [0.5, 0.6) is 0 Å². The second kappa shape index (κ2) is 5.54. The SMILES string of the molecule is CCCC(=O)NCc1ccc(C)cc1C. The van der Waals surface area contributed by atoms with Crippen molar-refractivity contribution in [2.24, 2.45) is 0 Å². The Labute approximate surface area is 91.7 Å². The number of carbonyl (C=O) groups is 1. The fourth-order valence-corrected chi connectivity index (χ4v) is 1.55. The second-order valence-corrected chi connectivity index (χ2v) is 3.96. The van der Waals surface area contributed by atoms with Gasteiger partial charge in [0.05, 0.1) is 0 Å². The monoisotopic (exact) mass is 205 g/mol. The molecule has 0 saturated heterocycles. The molecule has 2 heteroatoms. The van der Waals surface area contributed by atoms with Crippen molar-refractivity contribution in [3.8, 4) is 0 Å². The van der Waals surface area contributed by atoms with Crippen LogP contribution in [0.2, 0.25) is 0 Å². The maximum absolute atomic E-state index is 11.3. The van der Waals surface area contributed by atoms with Crippen LogP contribution >= 0.6 is 0 Å². The van der Waals surface area contributed by atoms with Gasteiger partial charge in [0.2, 0.25) is 5.91 Å². The maximum atomic E-state index is 11.3. The lowest BCUT2D eigenvalue weighted by molar-refractivity contribution is -0.121. The first-order valence-electron chi connectivity index (χ1n) is 5.46. The van der Waals surface area contributed by atoms with Gasteiger partial charge < -0.3 is 5.32 Å². The van der Waals surface area contributed by atoms with Crippen LogP contribution in [0.1, 0.15) is 36.5 Å². The van der Waals surface area contributed by atoms with Gasteiger partial charge in [0.25, 0.3) is 0 Å². The summed E-state index contributed by atoms with van der Waals surface area (Å²) in [6.07, 6.45) is 1.52. The normalized spacial score (nSPS) is 10.1. The number of nitrogens with one attached hydrogen (secondary N) is 1. The van der Waals surface area contributed by atoms with Gasteiger partial charge in [-0.2, -0.15) is 0 Å². The number of hydrogen-bond donors (Lipinski definition) is 1. The van der Waals surface area contributed by atoms with Gasteiger partial charge in [-0.05, 0) is 31.4 Å². The van der Waals surface area contributed by atoms with Gasteiger partial charge in [-0.15, -0.1) is 0 Å². The number of carbonyl (C=O) groups excluding carboxylic acids is 1. The molecule has 0 radical (unpaired) electrons. The average Bonchev–Trinajstić information content (AvgIpc) is 2.17. The Bertz CT molecular complexity index is 344. The molecule has 1 aromatic carbocycles. The van der Waals surface area contributed by atoms with E-state index in [-0.39, 0.29) is 5.91 Å². The zero-order valence-electron chi connectivity index (χ0n) is 9.76. The summed E-state index contributed by atoms with van der Waals surface area (Å²) in [5.74, 6) is 0.137. The van der Waals surface area contributed by atoms with E-state index < -0.39 is 0 Å². The Morgan fingerprint density at radius 3 is 2.67 bits per heavy atom. The smallest absolute Gasteiger partial charge is 0.220 e. The Hall–Kier alpha value is -1.31. The van der Waals surface area contributed by atoms with Crippen LogP contribution in [-0.2, 0) is 11.3 Å². The van der Waals surface area contributed by atoms with Gasteiger partial charge in [-0.3, -0.25) is 4.79 Å². The van der Waals surface area contributed by atoms with Gasteiger partial charge in [-0.1, -0.05) is 30.7 Å². The second-order valence-electron chi connectivity index (χ2n) is 3.96. The van der Waals surface area contributed by atoms with E-state index >= 15 is 0 Å². The molecule has 1 rings (SSSR count). The first-order valence-corrected chi connectivity index (χ1v) is 5.46. The van der Waals surface area contributed by atoms with E-state index in [2.05, 4.69) is 37.4 Å². The van der Waals surface area contributed by atoms with Gasteiger partial charge in [0.1, 0.15) is 0 Å². The molecule has 0 aliphatic heterocycles. The first kappa shape index (κ1) is 11.8. The Balaban J connectivity index is 2.54. The summed E-state index contributed by atoms with van der Waals surface area (Å²) in [6.45, 7) is 6.81. The molecule has 1 amide bonds. The molecule has 0 unspecified atom stereocenters. The number of amides is 1. The largest absolute Gasteiger partial charge is 0.352 e. The highest BCUT2D eigenvalue weighted by atomic mass is 16.1. The predicted octanol–water partition coefficient (Wildman–Crippen LogP) is 2.72. The van der Waals surface area contributed by atoms with E-state index in [1.165, 1.54) is 16.7 Å². The van der Waals surface area contributed by atoms with Crippen LogP contribution in [0.4, 0.5) is 0 Å². The van der Waals surface area contributed by atoms with Crippen molar-refractivity contribution in [3.63, 3.8) is 0 Å². The lowest BCUT2D eigenvalue weighted by Crippen LogP contribution is -2.22. The molecule has 0 saturated carbocycles. The molecule has 15 heavy (non-hydrogen) atoms. The van der Waals surface area contributed by atoms with Crippen LogP contribution in [0, 0.1) is 13.8 Å². The molecule has 2 nitrogen and oxygen atoms in total. The Kier molecular flexibility index (Phi) is 4.35. The molecule has 0 heterocycles. The van der Waals surface area contributed by atoms with Crippen LogP contribution in [-0.4, -0.2) is 5.91 Å². The Morgan fingerprint density at radius 1 is 1.33 bits per heavy atom. The van der Waals surface area contributed by atoms with E-state index in [1.807, 2.05) is 6.92 Å². The summed E-state index contributed by atoms with van der Waals surface area (Å²) >= 11 is 0. The summed E-state index contributed by atoms with van der Waals surface area (Å²) in [5.41, 5.74) is 3.70. The van der Waals surface area contributed by atoms with E-state index in [0.29, 0.717) is 13.0 Å². The van der Waals surface area contributed by atoms with Crippen LogP contribution in [0.25, 0.3) is 0 Å². The van der Waals surface area contributed by atoms with Gasteiger partial charge in [0.15, 0.2) is 0 Å².